The fraction of sp³-hybridized carbons (Fsp3) is 0.400. The van der Waals surface area contributed by atoms with Gasteiger partial charge in [-0.3, -0.25) is 9.59 Å². The number of carbonyl (C=O) groups excluding carboxylic acids is 2. The maximum absolute atomic E-state index is 12.7. The van der Waals surface area contributed by atoms with Crippen LogP contribution in [0.5, 0.6) is 0 Å². The highest BCUT2D eigenvalue weighted by Gasteiger charge is 2.08. The summed E-state index contributed by atoms with van der Waals surface area (Å²) < 4.78 is 12.7. The van der Waals surface area contributed by atoms with Crippen LogP contribution in [0.1, 0.15) is 44.0 Å². The minimum Gasteiger partial charge on any atom is -0.353 e. The average Bonchev–Trinajstić information content (AvgIpc) is 2.45. The smallest absolute Gasteiger partial charge is 0.271 e. The van der Waals surface area contributed by atoms with Gasteiger partial charge in [0.25, 0.3) is 5.91 Å². The van der Waals surface area contributed by atoms with Gasteiger partial charge in [-0.25, -0.2) is 9.82 Å². The van der Waals surface area contributed by atoms with Crippen LogP contribution in [0, 0.1) is 5.82 Å². The first-order valence-corrected chi connectivity index (χ1v) is 6.80. The van der Waals surface area contributed by atoms with Gasteiger partial charge in [0, 0.05) is 17.3 Å². The van der Waals surface area contributed by atoms with E-state index >= 15 is 0 Å². The Morgan fingerprint density at radius 2 is 1.90 bits per heavy atom. The lowest BCUT2D eigenvalue weighted by molar-refractivity contribution is -0.120. The molecule has 0 aliphatic heterocycles. The highest BCUT2D eigenvalue weighted by Crippen LogP contribution is 2.02. The van der Waals surface area contributed by atoms with Crippen molar-refractivity contribution in [2.24, 2.45) is 5.10 Å². The van der Waals surface area contributed by atoms with E-state index in [9.17, 15) is 14.0 Å². The zero-order chi connectivity index (χ0) is 15.8. The molecule has 1 aromatic carbocycles. The molecule has 5 nitrogen and oxygen atoms in total. The Morgan fingerprint density at radius 1 is 1.29 bits per heavy atom. The van der Waals surface area contributed by atoms with E-state index in [1.807, 2.05) is 13.8 Å². The van der Waals surface area contributed by atoms with Crippen LogP contribution in [0.2, 0.25) is 0 Å². The molecular formula is C15H20FN3O2. The van der Waals surface area contributed by atoms with Crippen molar-refractivity contribution in [1.29, 1.82) is 0 Å². The van der Waals surface area contributed by atoms with Crippen molar-refractivity contribution >= 4 is 17.5 Å². The van der Waals surface area contributed by atoms with E-state index in [0.29, 0.717) is 11.3 Å². The zero-order valence-corrected chi connectivity index (χ0v) is 12.4. The Hall–Kier alpha value is -2.24. The number of halogens is 1. The van der Waals surface area contributed by atoms with Gasteiger partial charge in [0.2, 0.25) is 5.91 Å². The number of hydrazone groups is 1. The molecular weight excluding hydrogens is 273 g/mol. The van der Waals surface area contributed by atoms with Crippen LogP contribution < -0.4 is 10.7 Å². The lowest BCUT2D eigenvalue weighted by atomic mass is 10.2. The van der Waals surface area contributed by atoms with Crippen molar-refractivity contribution in [1.82, 2.24) is 10.7 Å². The molecule has 1 unspecified atom stereocenters. The fourth-order valence-electron chi connectivity index (χ4n) is 1.51. The number of amides is 2. The number of nitrogens with zero attached hydrogens (tertiary/aromatic N) is 1. The minimum absolute atomic E-state index is 0.110. The SMILES string of the molecule is CCC(C)NC(=O)CC(C)=NNC(=O)c1ccc(F)cc1. The number of benzene rings is 1. The van der Waals surface area contributed by atoms with Crippen LogP contribution in [-0.2, 0) is 4.79 Å². The van der Waals surface area contributed by atoms with Gasteiger partial charge in [-0.1, -0.05) is 6.92 Å². The third-order valence-electron chi connectivity index (χ3n) is 2.89. The fourth-order valence-corrected chi connectivity index (χ4v) is 1.51. The lowest BCUT2D eigenvalue weighted by Crippen LogP contribution is -2.33. The number of rotatable bonds is 6. The van der Waals surface area contributed by atoms with E-state index in [1.54, 1.807) is 6.92 Å². The summed E-state index contributed by atoms with van der Waals surface area (Å²) in [6.07, 6.45) is 0.970. The van der Waals surface area contributed by atoms with Gasteiger partial charge in [-0.15, -0.1) is 0 Å². The second kappa shape index (κ2) is 8.14. The Balaban J connectivity index is 2.49. The predicted molar refractivity (Wildman–Crippen MR) is 79.5 cm³/mol. The van der Waals surface area contributed by atoms with Gasteiger partial charge in [-0.2, -0.15) is 5.10 Å². The molecule has 0 bridgehead atoms. The molecule has 6 heteroatoms. The van der Waals surface area contributed by atoms with Gasteiger partial charge < -0.3 is 5.32 Å². The minimum atomic E-state index is -0.448. The van der Waals surface area contributed by atoms with Crippen LogP contribution in [0.25, 0.3) is 0 Å². The Labute approximate surface area is 123 Å². The van der Waals surface area contributed by atoms with E-state index in [4.69, 9.17) is 0 Å². The predicted octanol–water partition coefficient (Wildman–Crippen LogP) is 2.24. The molecule has 2 N–H and O–H groups in total. The standard InChI is InChI=1S/C15H20FN3O2/c1-4-10(2)17-14(20)9-11(3)18-19-15(21)12-5-7-13(16)8-6-12/h5-8,10H,4,9H2,1-3H3,(H,17,20)(H,19,21). The van der Waals surface area contributed by atoms with E-state index in [1.165, 1.54) is 24.3 Å². The van der Waals surface area contributed by atoms with E-state index in [-0.39, 0.29) is 18.4 Å². The van der Waals surface area contributed by atoms with Gasteiger partial charge >= 0.3 is 0 Å². The molecule has 0 spiro atoms. The van der Waals surface area contributed by atoms with Crippen molar-refractivity contribution in [3.8, 4) is 0 Å². The van der Waals surface area contributed by atoms with Crippen molar-refractivity contribution < 1.29 is 14.0 Å². The summed E-state index contributed by atoms with van der Waals surface area (Å²) in [6.45, 7) is 5.55. The molecule has 1 atom stereocenters. The molecule has 1 aromatic rings. The molecule has 1 rings (SSSR count). The average molecular weight is 293 g/mol. The molecule has 0 aromatic heterocycles. The summed E-state index contributed by atoms with van der Waals surface area (Å²) in [4.78, 5) is 23.4. The van der Waals surface area contributed by atoms with E-state index in [2.05, 4.69) is 15.8 Å². The Kier molecular flexibility index (Phi) is 6.52. The normalized spacial score (nSPS) is 12.7. The first-order valence-electron chi connectivity index (χ1n) is 6.80. The summed E-state index contributed by atoms with van der Waals surface area (Å²) in [5.74, 6) is -0.994. The monoisotopic (exact) mass is 293 g/mol. The van der Waals surface area contributed by atoms with E-state index in [0.717, 1.165) is 6.42 Å². The quantitative estimate of drug-likeness (QED) is 0.623. The highest BCUT2D eigenvalue weighted by molar-refractivity contribution is 6.01. The Morgan fingerprint density at radius 3 is 2.48 bits per heavy atom. The van der Waals surface area contributed by atoms with Crippen LogP contribution in [-0.4, -0.2) is 23.6 Å². The molecule has 0 radical (unpaired) electrons. The summed E-state index contributed by atoms with van der Waals surface area (Å²) >= 11 is 0. The molecule has 2 amide bonds. The Bertz CT molecular complexity index is 526. The third-order valence-corrected chi connectivity index (χ3v) is 2.89. The van der Waals surface area contributed by atoms with Crippen molar-refractivity contribution in [2.75, 3.05) is 0 Å². The molecule has 0 saturated heterocycles. The van der Waals surface area contributed by atoms with Crippen LogP contribution in [0.3, 0.4) is 0 Å². The summed E-state index contributed by atoms with van der Waals surface area (Å²) in [6, 6.07) is 5.24. The number of carbonyl (C=O) groups is 2. The van der Waals surface area contributed by atoms with Gasteiger partial charge in [0.05, 0.1) is 6.42 Å². The van der Waals surface area contributed by atoms with Crippen LogP contribution >= 0.6 is 0 Å². The van der Waals surface area contributed by atoms with Gasteiger partial charge in [0.1, 0.15) is 5.82 Å². The molecule has 0 aliphatic carbocycles. The third kappa shape index (κ3) is 6.16. The van der Waals surface area contributed by atoms with Crippen molar-refractivity contribution in [3.05, 3.63) is 35.6 Å². The largest absolute Gasteiger partial charge is 0.353 e. The molecule has 0 aliphatic rings. The topological polar surface area (TPSA) is 70.6 Å². The van der Waals surface area contributed by atoms with Crippen LogP contribution in [0.15, 0.2) is 29.4 Å². The molecule has 0 saturated carbocycles. The number of hydrogen-bond acceptors (Lipinski definition) is 3. The summed E-state index contributed by atoms with van der Waals surface area (Å²) in [5.41, 5.74) is 3.13. The van der Waals surface area contributed by atoms with Crippen molar-refractivity contribution in [2.45, 2.75) is 39.7 Å². The lowest BCUT2D eigenvalue weighted by Gasteiger charge is -2.10. The van der Waals surface area contributed by atoms with Gasteiger partial charge in [0.15, 0.2) is 0 Å². The first-order chi connectivity index (χ1) is 9.92. The first kappa shape index (κ1) is 16.8. The van der Waals surface area contributed by atoms with E-state index < -0.39 is 11.7 Å². The van der Waals surface area contributed by atoms with Gasteiger partial charge in [-0.05, 0) is 44.5 Å². The second-order valence-electron chi connectivity index (χ2n) is 4.85. The number of hydrogen-bond donors (Lipinski definition) is 2. The molecule has 21 heavy (non-hydrogen) atoms. The zero-order valence-electron chi connectivity index (χ0n) is 12.4. The van der Waals surface area contributed by atoms with Crippen molar-refractivity contribution in [3.63, 3.8) is 0 Å². The second-order valence-corrected chi connectivity index (χ2v) is 4.85. The maximum Gasteiger partial charge on any atom is 0.271 e. The number of nitrogens with one attached hydrogen (secondary N) is 2. The highest BCUT2D eigenvalue weighted by atomic mass is 19.1. The maximum atomic E-state index is 12.7. The molecule has 0 heterocycles. The van der Waals surface area contributed by atoms with Crippen LogP contribution in [0.4, 0.5) is 4.39 Å². The molecule has 0 fully saturated rings. The summed E-state index contributed by atoms with van der Waals surface area (Å²) in [5, 5.41) is 6.67. The summed E-state index contributed by atoms with van der Waals surface area (Å²) in [7, 11) is 0. The molecule has 114 valence electrons.